The van der Waals surface area contributed by atoms with Gasteiger partial charge in [-0.05, 0) is 83.7 Å². The second-order valence-electron chi connectivity index (χ2n) is 12.1. The number of likely N-dealkylation sites (tertiary alicyclic amines) is 2. The molecule has 5 heterocycles. The van der Waals surface area contributed by atoms with Crippen molar-refractivity contribution < 1.29 is 9.47 Å². The molecule has 0 amide bonds. The Morgan fingerprint density at radius 3 is 2.14 bits per heavy atom. The van der Waals surface area contributed by atoms with Crippen LogP contribution in [0.2, 0.25) is 0 Å². The zero-order valence-electron chi connectivity index (χ0n) is 22.3. The Morgan fingerprint density at radius 1 is 0.833 bits per heavy atom. The first-order valence-corrected chi connectivity index (χ1v) is 15.8. The van der Waals surface area contributed by atoms with E-state index >= 15 is 0 Å². The molecule has 0 aromatic carbocycles. The Hall–Kier alpha value is -1.09. The average molecular weight is 516 g/mol. The van der Waals surface area contributed by atoms with Crippen molar-refractivity contribution in [3.8, 4) is 5.75 Å². The first kappa shape index (κ1) is 25.2. The number of hydrogen-bond acceptors (Lipinski definition) is 8. The van der Waals surface area contributed by atoms with E-state index < -0.39 is 0 Å². The second kappa shape index (κ2) is 11.3. The van der Waals surface area contributed by atoms with Crippen LogP contribution in [0, 0.1) is 5.92 Å². The molecule has 5 fully saturated rings. The van der Waals surface area contributed by atoms with E-state index in [1.54, 1.807) is 0 Å². The van der Waals surface area contributed by atoms with Crippen molar-refractivity contribution in [1.82, 2.24) is 19.8 Å². The summed E-state index contributed by atoms with van der Waals surface area (Å²) in [5.74, 6) is 2.59. The van der Waals surface area contributed by atoms with Crippen molar-refractivity contribution in [3.05, 3.63) is 12.4 Å². The van der Waals surface area contributed by atoms with Gasteiger partial charge in [-0.3, -0.25) is 0 Å². The molecule has 1 aromatic rings. The van der Waals surface area contributed by atoms with Gasteiger partial charge in [0, 0.05) is 49.8 Å². The maximum Gasteiger partial charge on any atom is 0.226 e. The van der Waals surface area contributed by atoms with Gasteiger partial charge < -0.3 is 24.2 Å². The fourth-order valence-corrected chi connectivity index (χ4v) is 8.01. The van der Waals surface area contributed by atoms with Gasteiger partial charge in [0.05, 0.1) is 24.6 Å². The van der Waals surface area contributed by atoms with E-state index in [9.17, 15) is 0 Å². The monoisotopic (exact) mass is 515 g/mol. The van der Waals surface area contributed by atoms with Crippen molar-refractivity contribution in [3.63, 3.8) is 0 Å². The van der Waals surface area contributed by atoms with E-state index in [4.69, 9.17) is 19.4 Å². The van der Waals surface area contributed by atoms with Crippen LogP contribution < -0.4 is 9.64 Å². The molecule has 2 bridgehead atoms. The molecule has 0 N–H and O–H groups in total. The van der Waals surface area contributed by atoms with Crippen LogP contribution in [0.1, 0.15) is 64.2 Å². The minimum absolute atomic E-state index is 0.238. The summed E-state index contributed by atoms with van der Waals surface area (Å²) in [6.45, 7) is 6.22. The van der Waals surface area contributed by atoms with Crippen LogP contribution in [0.4, 0.5) is 5.95 Å². The molecule has 0 spiro atoms. The van der Waals surface area contributed by atoms with Gasteiger partial charge in [0.1, 0.15) is 6.10 Å². The van der Waals surface area contributed by atoms with Gasteiger partial charge in [-0.1, -0.05) is 0 Å². The highest BCUT2D eigenvalue weighted by Gasteiger charge is 2.42. The minimum Gasteiger partial charge on any atom is -0.487 e. The predicted molar refractivity (Wildman–Crippen MR) is 146 cm³/mol. The Balaban J connectivity index is 0.892. The maximum absolute atomic E-state index is 6.44. The van der Waals surface area contributed by atoms with Crippen molar-refractivity contribution in [1.29, 1.82) is 0 Å². The number of hydrogen-bond donors (Lipinski definition) is 0. The lowest BCUT2D eigenvalue weighted by molar-refractivity contribution is -0.111. The maximum atomic E-state index is 6.44. The highest BCUT2D eigenvalue weighted by molar-refractivity contribution is 7.99. The van der Waals surface area contributed by atoms with E-state index in [-0.39, 0.29) is 6.10 Å². The van der Waals surface area contributed by atoms with E-state index in [2.05, 4.69) is 28.0 Å². The molecule has 4 saturated heterocycles. The van der Waals surface area contributed by atoms with Crippen molar-refractivity contribution in [2.45, 2.75) is 99.9 Å². The molecule has 200 valence electrons. The standard InChI is InChI=1S/C28H45N5O2S/c1-31-9-5-20(6-10-31)19-32-11-7-23(8-12-32)34-24-15-25(16-24)35-26-17-29-28(30-18-26)33-21-3-4-22(33)14-27(13-21)36-2/h17-18,20-25,27H,3-16,19H2,1-2H3. The fraction of sp³-hybridized carbons (Fsp3) is 0.857. The highest BCUT2D eigenvalue weighted by atomic mass is 32.2. The molecule has 1 saturated carbocycles. The van der Waals surface area contributed by atoms with Crippen LogP contribution in [0.5, 0.6) is 5.75 Å². The Bertz CT molecular complexity index is 823. The summed E-state index contributed by atoms with van der Waals surface area (Å²) < 4.78 is 12.6. The number of nitrogens with zero attached hydrogens (tertiary/aromatic N) is 5. The number of fused-ring (bicyclic) bond motifs is 2. The van der Waals surface area contributed by atoms with Gasteiger partial charge in [-0.25, -0.2) is 9.97 Å². The molecule has 8 heteroatoms. The molecule has 5 aliphatic rings. The Morgan fingerprint density at radius 2 is 1.50 bits per heavy atom. The lowest BCUT2D eigenvalue weighted by Crippen LogP contribution is -2.46. The largest absolute Gasteiger partial charge is 0.487 e. The van der Waals surface area contributed by atoms with Gasteiger partial charge in [0.2, 0.25) is 5.95 Å². The number of anilines is 1. The molecule has 2 unspecified atom stereocenters. The number of aromatic nitrogens is 2. The lowest BCUT2D eigenvalue weighted by Gasteiger charge is -2.41. The molecule has 2 atom stereocenters. The van der Waals surface area contributed by atoms with Gasteiger partial charge in [0.25, 0.3) is 0 Å². The van der Waals surface area contributed by atoms with Crippen LogP contribution in [0.15, 0.2) is 12.4 Å². The quantitative estimate of drug-likeness (QED) is 0.514. The fourth-order valence-electron chi connectivity index (χ4n) is 7.18. The molecule has 4 aliphatic heterocycles. The second-order valence-corrected chi connectivity index (χ2v) is 13.2. The zero-order chi connectivity index (χ0) is 24.5. The van der Waals surface area contributed by atoms with Gasteiger partial charge in [0.15, 0.2) is 5.75 Å². The lowest BCUT2D eigenvalue weighted by atomic mass is 9.91. The van der Waals surface area contributed by atoms with E-state index in [0.717, 1.165) is 35.7 Å². The summed E-state index contributed by atoms with van der Waals surface area (Å²) in [4.78, 5) is 17.1. The minimum atomic E-state index is 0.238. The Kier molecular flexibility index (Phi) is 7.94. The molecule has 1 aliphatic carbocycles. The van der Waals surface area contributed by atoms with Crippen molar-refractivity contribution in [2.75, 3.05) is 50.9 Å². The van der Waals surface area contributed by atoms with Crippen LogP contribution in [0.3, 0.4) is 0 Å². The summed E-state index contributed by atoms with van der Waals surface area (Å²) in [6, 6.07) is 1.22. The number of thioether (sulfide) groups is 1. The molecule has 36 heavy (non-hydrogen) atoms. The highest BCUT2D eigenvalue weighted by Crippen LogP contribution is 2.41. The van der Waals surface area contributed by atoms with Crippen LogP contribution in [-0.2, 0) is 4.74 Å². The molecule has 0 radical (unpaired) electrons. The van der Waals surface area contributed by atoms with Gasteiger partial charge in [-0.15, -0.1) is 0 Å². The molecular weight excluding hydrogens is 470 g/mol. The summed E-state index contributed by atoms with van der Waals surface area (Å²) in [5, 5.41) is 0.798. The van der Waals surface area contributed by atoms with Crippen LogP contribution in [-0.4, -0.2) is 101 Å². The zero-order valence-corrected chi connectivity index (χ0v) is 23.1. The smallest absolute Gasteiger partial charge is 0.226 e. The van der Waals surface area contributed by atoms with Crippen LogP contribution >= 0.6 is 11.8 Å². The first-order chi connectivity index (χ1) is 17.6. The van der Waals surface area contributed by atoms with Gasteiger partial charge >= 0.3 is 0 Å². The first-order valence-electron chi connectivity index (χ1n) is 14.5. The summed E-state index contributed by atoms with van der Waals surface area (Å²) in [5.41, 5.74) is 0. The molecule has 1 aromatic heterocycles. The predicted octanol–water partition coefficient (Wildman–Crippen LogP) is 4.07. The third-order valence-electron chi connectivity index (χ3n) is 9.50. The number of rotatable bonds is 8. The van der Waals surface area contributed by atoms with E-state index in [1.807, 2.05) is 24.2 Å². The van der Waals surface area contributed by atoms with E-state index in [1.165, 1.54) is 84.1 Å². The van der Waals surface area contributed by atoms with Crippen molar-refractivity contribution >= 4 is 17.7 Å². The summed E-state index contributed by atoms with van der Waals surface area (Å²) in [7, 11) is 2.25. The summed E-state index contributed by atoms with van der Waals surface area (Å²) in [6.07, 6.45) is 19.2. The summed E-state index contributed by atoms with van der Waals surface area (Å²) >= 11 is 2.02. The molecule has 7 nitrogen and oxygen atoms in total. The van der Waals surface area contributed by atoms with Crippen molar-refractivity contribution in [2.24, 2.45) is 5.92 Å². The molecular formula is C28H45N5O2S. The number of piperidine rings is 3. The normalized spacial score (nSPS) is 34.6. The van der Waals surface area contributed by atoms with Crippen LogP contribution in [0.25, 0.3) is 0 Å². The Labute approximate surface area is 221 Å². The average Bonchev–Trinajstić information content (AvgIpc) is 3.14. The van der Waals surface area contributed by atoms with Gasteiger partial charge in [-0.2, -0.15) is 11.8 Å². The van der Waals surface area contributed by atoms with E-state index in [0.29, 0.717) is 24.3 Å². The number of ether oxygens (including phenoxy) is 2. The SMILES string of the molecule is CSC1CC2CCC(C1)N2c1ncc(OC2CC(OC3CCN(CC4CCN(C)CC4)CC3)C2)cn1. The topological polar surface area (TPSA) is 54.0 Å². The third kappa shape index (κ3) is 5.82. The third-order valence-corrected chi connectivity index (χ3v) is 10.5. The molecule has 6 rings (SSSR count).